The normalized spacial score (nSPS) is 17.1. The van der Waals surface area contributed by atoms with Crippen LogP contribution in [-0.2, 0) is 0 Å². The molecule has 126 valence electrons. The fraction of sp³-hybridized carbons (Fsp3) is 0.278. The molecule has 0 radical (unpaired) electrons. The first-order valence-electron chi connectivity index (χ1n) is 7.76. The monoisotopic (exact) mass is 334 g/mol. The van der Waals surface area contributed by atoms with Crippen molar-refractivity contribution in [2.24, 2.45) is 5.92 Å². The van der Waals surface area contributed by atoms with Crippen LogP contribution in [0.5, 0.6) is 0 Å². The smallest absolute Gasteiger partial charge is 0.251 e. The van der Waals surface area contributed by atoms with Gasteiger partial charge in [0.15, 0.2) is 11.6 Å². The first-order chi connectivity index (χ1) is 11.5. The highest BCUT2D eigenvalue weighted by atomic mass is 19.2. The maximum atomic E-state index is 13.2. The summed E-state index contributed by atoms with van der Waals surface area (Å²) >= 11 is 0. The van der Waals surface area contributed by atoms with E-state index in [1.807, 2.05) is 0 Å². The molecule has 3 rings (SSSR count). The third-order valence-corrected chi connectivity index (χ3v) is 4.21. The number of carbonyl (C=O) groups is 1. The number of hydrogen-bond donors (Lipinski definition) is 1. The third-order valence-electron chi connectivity index (χ3n) is 4.21. The van der Waals surface area contributed by atoms with Crippen molar-refractivity contribution in [3.63, 3.8) is 0 Å². The molecule has 1 aliphatic heterocycles. The molecule has 0 saturated carbocycles. The lowest BCUT2D eigenvalue weighted by molar-refractivity contribution is 0.0947. The van der Waals surface area contributed by atoms with Crippen molar-refractivity contribution in [3.8, 4) is 0 Å². The van der Waals surface area contributed by atoms with Gasteiger partial charge in [0.05, 0.1) is 0 Å². The zero-order valence-electron chi connectivity index (χ0n) is 12.9. The van der Waals surface area contributed by atoms with Gasteiger partial charge >= 0.3 is 0 Å². The third kappa shape index (κ3) is 3.69. The van der Waals surface area contributed by atoms with Crippen molar-refractivity contribution in [1.29, 1.82) is 0 Å². The zero-order valence-corrected chi connectivity index (χ0v) is 12.9. The number of hydrogen-bond acceptors (Lipinski definition) is 2. The van der Waals surface area contributed by atoms with Gasteiger partial charge < -0.3 is 10.2 Å². The molecule has 2 aromatic carbocycles. The maximum absolute atomic E-state index is 13.2. The number of nitrogens with zero attached hydrogens (tertiary/aromatic N) is 1. The second-order valence-corrected chi connectivity index (χ2v) is 5.92. The van der Waals surface area contributed by atoms with Gasteiger partial charge in [0.25, 0.3) is 5.91 Å². The lowest BCUT2D eigenvalue weighted by atomic mass is 10.1. The summed E-state index contributed by atoms with van der Waals surface area (Å²) in [6.07, 6.45) is 0.898. The molecule has 1 atom stereocenters. The van der Waals surface area contributed by atoms with E-state index in [0.29, 0.717) is 6.54 Å². The summed E-state index contributed by atoms with van der Waals surface area (Å²) in [6, 6.07) is 9.41. The van der Waals surface area contributed by atoms with Gasteiger partial charge in [-0.05, 0) is 54.8 Å². The number of nitrogens with one attached hydrogen (secondary N) is 1. The maximum Gasteiger partial charge on any atom is 0.251 e. The topological polar surface area (TPSA) is 32.3 Å². The Balaban J connectivity index is 1.53. The molecule has 1 fully saturated rings. The van der Waals surface area contributed by atoms with Crippen LogP contribution < -0.4 is 10.2 Å². The first-order valence-corrected chi connectivity index (χ1v) is 7.76. The van der Waals surface area contributed by atoms with E-state index in [9.17, 15) is 18.0 Å². The van der Waals surface area contributed by atoms with Crippen molar-refractivity contribution in [3.05, 3.63) is 65.5 Å². The summed E-state index contributed by atoms with van der Waals surface area (Å²) < 4.78 is 39.0. The van der Waals surface area contributed by atoms with E-state index < -0.39 is 17.5 Å². The highest BCUT2D eigenvalue weighted by Gasteiger charge is 2.23. The van der Waals surface area contributed by atoms with Gasteiger partial charge in [-0.2, -0.15) is 0 Å². The average molecular weight is 334 g/mol. The van der Waals surface area contributed by atoms with Gasteiger partial charge in [-0.15, -0.1) is 0 Å². The van der Waals surface area contributed by atoms with Gasteiger partial charge in [-0.3, -0.25) is 4.79 Å². The molecule has 0 spiro atoms. The zero-order chi connectivity index (χ0) is 17.1. The van der Waals surface area contributed by atoms with Crippen LogP contribution in [0.3, 0.4) is 0 Å². The molecule has 0 aliphatic carbocycles. The van der Waals surface area contributed by atoms with E-state index in [2.05, 4.69) is 10.2 Å². The lowest BCUT2D eigenvalue weighted by Crippen LogP contribution is -2.31. The summed E-state index contributed by atoms with van der Waals surface area (Å²) in [5.74, 6) is -2.45. The molecule has 1 heterocycles. The Labute approximate surface area is 138 Å². The van der Waals surface area contributed by atoms with E-state index in [1.54, 1.807) is 12.1 Å². The molecule has 6 heteroatoms. The van der Waals surface area contributed by atoms with Gasteiger partial charge in [0, 0.05) is 30.9 Å². The molecule has 0 bridgehead atoms. The Morgan fingerprint density at radius 3 is 2.54 bits per heavy atom. The van der Waals surface area contributed by atoms with Crippen LogP contribution in [-0.4, -0.2) is 25.5 Å². The van der Waals surface area contributed by atoms with Crippen LogP contribution >= 0.6 is 0 Å². The van der Waals surface area contributed by atoms with Crippen molar-refractivity contribution >= 4 is 11.6 Å². The van der Waals surface area contributed by atoms with Crippen LogP contribution in [0.25, 0.3) is 0 Å². The Bertz CT molecular complexity index is 734. The van der Waals surface area contributed by atoms with Crippen LogP contribution in [0, 0.1) is 23.4 Å². The van der Waals surface area contributed by atoms with Crippen molar-refractivity contribution < 1.29 is 18.0 Å². The van der Waals surface area contributed by atoms with Crippen LogP contribution in [0.15, 0.2) is 42.5 Å². The van der Waals surface area contributed by atoms with Crippen LogP contribution in [0.4, 0.5) is 18.9 Å². The summed E-state index contributed by atoms with van der Waals surface area (Å²) in [4.78, 5) is 14.1. The summed E-state index contributed by atoms with van der Waals surface area (Å²) in [6.45, 7) is 2.04. The number of halogens is 3. The predicted molar refractivity (Wildman–Crippen MR) is 85.4 cm³/mol. The Morgan fingerprint density at radius 1 is 1.08 bits per heavy atom. The fourth-order valence-electron chi connectivity index (χ4n) is 2.86. The number of carbonyl (C=O) groups excluding carboxylic acids is 1. The SMILES string of the molecule is O=C(NCC1CCN(c2ccc(F)cc2)C1)c1ccc(F)c(F)c1. The van der Waals surface area contributed by atoms with Gasteiger partial charge in [-0.1, -0.05) is 0 Å². The number of rotatable bonds is 4. The predicted octanol–water partition coefficient (Wildman–Crippen LogP) is 3.36. The molecule has 1 aliphatic rings. The first kappa shape index (κ1) is 16.4. The Hall–Kier alpha value is -2.50. The van der Waals surface area contributed by atoms with E-state index in [0.717, 1.165) is 37.3 Å². The second-order valence-electron chi connectivity index (χ2n) is 5.92. The standard InChI is InChI=1S/C18H17F3N2O/c19-14-2-4-15(5-3-14)23-8-7-12(11-23)10-22-18(24)13-1-6-16(20)17(21)9-13/h1-6,9,12H,7-8,10-11H2,(H,22,24). The molecule has 2 aromatic rings. The lowest BCUT2D eigenvalue weighted by Gasteiger charge is -2.18. The van der Waals surface area contributed by atoms with E-state index in [1.165, 1.54) is 18.2 Å². The molecule has 1 amide bonds. The van der Waals surface area contributed by atoms with E-state index in [-0.39, 0.29) is 17.3 Å². The van der Waals surface area contributed by atoms with Gasteiger partial charge in [-0.25, -0.2) is 13.2 Å². The Morgan fingerprint density at radius 2 is 1.83 bits per heavy atom. The molecule has 3 nitrogen and oxygen atoms in total. The average Bonchev–Trinajstić information content (AvgIpc) is 3.05. The minimum Gasteiger partial charge on any atom is -0.371 e. The summed E-state index contributed by atoms with van der Waals surface area (Å²) in [5.41, 5.74) is 1.05. The van der Waals surface area contributed by atoms with Crippen LogP contribution in [0.2, 0.25) is 0 Å². The number of anilines is 1. The second kappa shape index (κ2) is 6.95. The quantitative estimate of drug-likeness (QED) is 0.930. The number of benzene rings is 2. The minimum absolute atomic E-state index is 0.0993. The molecule has 24 heavy (non-hydrogen) atoms. The van der Waals surface area contributed by atoms with Gasteiger partial charge in [0.1, 0.15) is 5.82 Å². The van der Waals surface area contributed by atoms with Crippen molar-refractivity contribution in [2.45, 2.75) is 6.42 Å². The van der Waals surface area contributed by atoms with E-state index in [4.69, 9.17) is 0 Å². The van der Waals surface area contributed by atoms with Gasteiger partial charge in [0.2, 0.25) is 0 Å². The minimum atomic E-state index is -1.04. The summed E-state index contributed by atoms with van der Waals surface area (Å²) in [7, 11) is 0. The van der Waals surface area contributed by atoms with E-state index >= 15 is 0 Å². The molecule has 0 aromatic heterocycles. The molecular weight excluding hydrogens is 317 g/mol. The molecule has 1 saturated heterocycles. The molecule has 1 unspecified atom stereocenters. The molecular formula is C18H17F3N2O. The van der Waals surface area contributed by atoms with Crippen molar-refractivity contribution in [2.75, 3.05) is 24.5 Å². The van der Waals surface area contributed by atoms with Crippen molar-refractivity contribution in [1.82, 2.24) is 5.32 Å². The molecule has 1 N–H and O–H groups in total. The summed E-state index contributed by atoms with van der Waals surface area (Å²) in [5, 5.41) is 2.75. The largest absolute Gasteiger partial charge is 0.371 e. The Kier molecular flexibility index (Phi) is 4.74. The number of amides is 1. The van der Waals surface area contributed by atoms with Crippen LogP contribution in [0.1, 0.15) is 16.8 Å². The highest BCUT2D eigenvalue weighted by molar-refractivity contribution is 5.94. The fourth-order valence-corrected chi connectivity index (χ4v) is 2.86. The highest BCUT2D eigenvalue weighted by Crippen LogP contribution is 2.23.